The molecule has 16 heteroatoms. The minimum atomic E-state index is -3.59. The summed E-state index contributed by atoms with van der Waals surface area (Å²) in [6, 6.07) is 3.67. The Hall–Kier alpha value is -2.79. The second-order valence-electron chi connectivity index (χ2n) is 8.82. The highest BCUT2D eigenvalue weighted by molar-refractivity contribution is 8.01. The van der Waals surface area contributed by atoms with Gasteiger partial charge in [0.25, 0.3) is 5.91 Å². The number of rotatable bonds is 8. The van der Waals surface area contributed by atoms with Gasteiger partial charge in [-0.1, -0.05) is 23.1 Å². The lowest BCUT2D eigenvalue weighted by molar-refractivity contribution is -0.161. The van der Waals surface area contributed by atoms with Crippen LogP contribution in [-0.4, -0.2) is 88.8 Å². The Morgan fingerprint density at radius 3 is 2.41 bits per heavy atom. The zero-order valence-electron chi connectivity index (χ0n) is 20.7. The number of sulfonamides is 1. The zero-order chi connectivity index (χ0) is 28.3. The lowest BCUT2D eigenvalue weighted by atomic mass is 10.0. The van der Waals surface area contributed by atoms with E-state index in [4.69, 9.17) is 5.73 Å². The van der Waals surface area contributed by atoms with Gasteiger partial charge < -0.3 is 5.73 Å². The van der Waals surface area contributed by atoms with E-state index in [-0.39, 0.29) is 50.3 Å². The molecule has 1 aromatic carbocycles. The maximum absolute atomic E-state index is 14.1. The molecule has 4 rings (SSSR count). The number of hydrogen-bond donors (Lipinski definition) is 1. The fourth-order valence-corrected chi connectivity index (χ4v) is 6.71. The number of aromatic nitrogens is 2. The van der Waals surface area contributed by atoms with Gasteiger partial charge in [0.1, 0.15) is 16.2 Å². The predicted molar refractivity (Wildman–Crippen MR) is 141 cm³/mol. The van der Waals surface area contributed by atoms with Gasteiger partial charge in [0, 0.05) is 37.8 Å². The zero-order valence-corrected chi connectivity index (χ0v) is 23.2. The van der Waals surface area contributed by atoms with Crippen LogP contribution in [0.2, 0.25) is 0 Å². The van der Waals surface area contributed by atoms with Crippen LogP contribution in [0.5, 0.6) is 0 Å². The Kier molecular flexibility index (Phi) is 9.10. The number of nitrogens with zero attached hydrogens (tertiary/aromatic N) is 5. The first-order chi connectivity index (χ1) is 18.4. The van der Waals surface area contributed by atoms with Crippen LogP contribution in [0.1, 0.15) is 12.0 Å². The Morgan fingerprint density at radius 2 is 1.74 bits per heavy atom. The molecule has 2 amide bonds. The normalized spacial score (nSPS) is 15.9. The molecule has 210 valence electrons. The van der Waals surface area contributed by atoms with Crippen molar-refractivity contribution in [3.05, 3.63) is 53.5 Å². The third-order valence-corrected chi connectivity index (χ3v) is 9.34. The van der Waals surface area contributed by atoms with Gasteiger partial charge >= 0.3 is 0 Å². The first kappa shape index (κ1) is 29.2. The van der Waals surface area contributed by atoms with Gasteiger partial charge in [-0.15, -0.1) is 0 Å². The fourth-order valence-electron chi connectivity index (χ4n) is 4.03. The molecule has 1 aliphatic rings. The molecule has 1 saturated heterocycles. The summed E-state index contributed by atoms with van der Waals surface area (Å²) in [7, 11) is -3.59. The fraction of sp³-hybridized carbons (Fsp3) is 0.391. The number of hydrazine groups is 1. The molecule has 0 bridgehead atoms. The predicted octanol–water partition coefficient (Wildman–Crippen LogP) is 2.01. The maximum Gasteiger partial charge on any atom is 0.251 e. The Labute approximate surface area is 231 Å². The summed E-state index contributed by atoms with van der Waals surface area (Å²) < 4.78 is 67.0. The van der Waals surface area contributed by atoms with Crippen LogP contribution in [0.15, 0.2) is 34.8 Å². The largest absolute Gasteiger partial charge is 0.327 e. The summed E-state index contributed by atoms with van der Waals surface area (Å²) >= 11 is 2.49. The van der Waals surface area contributed by atoms with Crippen LogP contribution in [0.4, 0.5) is 13.2 Å². The second kappa shape index (κ2) is 12.2. The van der Waals surface area contributed by atoms with Crippen molar-refractivity contribution in [2.45, 2.75) is 23.2 Å². The van der Waals surface area contributed by atoms with Gasteiger partial charge in [-0.3, -0.25) is 14.6 Å². The smallest absolute Gasteiger partial charge is 0.251 e. The van der Waals surface area contributed by atoms with Crippen molar-refractivity contribution in [1.82, 2.24) is 24.3 Å². The molecular weight excluding hydrogens is 577 g/mol. The van der Waals surface area contributed by atoms with Crippen molar-refractivity contribution in [3.8, 4) is 0 Å². The van der Waals surface area contributed by atoms with Gasteiger partial charge in [-0.2, -0.15) is 4.31 Å². The lowest BCUT2D eigenvalue weighted by Crippen LogP contribution is -2.52. The minimum absolute atomic E-state index is 0.0177. The third-order valence-electron chi connectivity index (χ3n) is 5.93. The summed E-state index contributed by atoms with van der Waals surface area (Å²) in [6.45, 7) is -0.249. The van der Waals surface area contributed by atoms with Crippen LogP contribution in [0.25, 0.3) is 10.3 Å². The monoisotopic (exact) mass is 602 g/mol. The van der Waals surface area contributed by atoms with E-state index in [1.165, 1.54) is 32.4 Å². The standard InChI is InChI=1S/C23H25F3N6O4S3/c1-39(35,36)30-5-7-31(20(33)11-15(27)9-14-10-17(25)18(26)12-16(14)24)32(8-6-30)21(34)13-37-23-29-19-3-2-4-28-22(19)38-23/h2-4,10,12,15H,5-9,11,13,27H2,1H3/t15-/m1/s1. The highest BCUT2D eigenvalue weighted by Gasteiger charge is 2.33. The number of amides is 2. The first-order valence-corrected chi connectivity index (χ1v) is 15.4. The number of pyridine rings is 1. The van der Waals surface area contributed by atoms with E-state index in [0.29, 0.717) is 26.8 Å². The molecule has 3 aromatic rings. The minimum Gasteiger partial charge on any atom is -0.327 e. The highest BCUT2D eigenvalue weighted by atomic mass is 32.2. The van der Waals surface area contributed by atoms with E-state index in [1.54, 1.807) is 18.3 Å². The number of hydrogen-bond acceptors (Lipinski definition) is 9. The molecule has 1 aliphatic heterocycles. The number of thiazole rings is 1. The lowest BCUT2D eigenvalue weighted by Gasteiger charge is -2.33. The Bertz CT molecular complexity index is 1460. The van der Waals surface area contributed by atoms with Crippen molar-refractivity contribution in [1.29, 1.82) is 0 Å². The van der Waals surface area contributed by atoms with Crippen LogP contribution in [-0.2, 0) is 26.0 Å². The van der Waals surface area contributed by atoms with Gasteiger partial charge in [0.2, 0.25) is 15.9 Å². The summed E-state index contributed by atoms with van der Waals surface area (Å²) in [6.07, 6.45) is 2.07. The molecule has 0 saturated carbocycles. The summed E-state index contributed by atoms with van der Waals surface area (Å²) in [4.78, 5) is 35.9. The number of carbonyl (C=O) groups excluding carboxylic acids is 2. The molecule has 3 heterocycles. The van der Waals surface area contributed by atoms with Crippen molar-refractivity contribution >= 4 is 55.3 Å². The summed E-state index contributed by atoms with van der Waals surface area (Å²) in [5.41, 5.74) is 6.54. The quantitative estimate of drug-likeness (QED) is 0.306. The molecule has 10 nitrogen and oxygen atoms in total. The average molecular weight is 603 g/mol. The van der Waals surface area contributed by atoms with Gasteiger partial charge in [-0.05, 0) is 30.2 Å². The molecule has 0 unspecified atom stereocenters. The Balaban J connectivity index is 1.47. The summed E-state index contributed by atoms with van der Waals surface area (Å²) in [5, 5.41) is 2.34. The van der Waals surface area contributed by atoms with E-state index in [2.05, 4.69) is 9.97 Å². The van der Waals surface area contributed by atoms with Crippen molar-refractivity contribution in [2.24, 2.45) is 5.73 Å². The van der Waals surface area contributed by atoms with Crippen LogP contribution < -0.4 is 5.73 Å². The number of benzene rings is 1. The second-order valence-corrected chi connectivity index (χ2v) is 13.0. The van der Waals surface area contributed by atoms with Gasteiger partial charge in [0.15, 0.2) is 16.0 Å². The van der Waals surface area contributed by atoms with E-state index in [9.17, 15) is 31.2 Å². The van der Waals surface area contributed by atoms with Crippen molar-refractivity contribution in [3.63, 3.8) is 0 Å². The van der Waals surface area contributed by atoms with E-state index in [1.807, 2.05) is 0 Å². The van der Waals surface area contributed by atoms with Crippen molar-refractivity contribution in [2.75, 3.05) is 38.2 Å². The molecule has 0 spiro atoms. The highest BCUT2D eigenvalue weighted by Crippen LogP contribution is 2.28. The third kappa shape index (κ3) is 7.25. The molecule has 2 aromatic heterocycles. The number of thioether (sulfide) groups is 1. The number of nitrogens with two attached hydrogens (primary N) is 1. The van der Waals surface area contributed by atoms with E-state index in [0.717, 1.165) is 11.3 Å². The van der Waals surface area contributed by atoms with Crippen molar-refractivity contribution < 1.29 is 31.2 Å². The molecule has 1 fully saturated rings. The number of fused-ring (bicyclic) bond motifs is 1. The summed E-state index contributed by atoms with van der Waals surface area (Å²) in [5.74, 6) is -4.69. The molecule has 2 N–H and O–H groups in total. The van der Waals surface area contributed by atoms with E-state index >= 15 is 0 Å². The Morgan fingerprint density at radius 1 is 1.08 bits per heavy atom. The number of carbonyl (C=O) groups is 2. The molecule has 1 atom stereocenters. The maximum atomic E-state index is 14.1. The molecule has 0 radical (unpaired) electrons. The average Bonchev–Trinajstić information content (AvgIpc) is 3.13. The topological polar surface area (TPSA) is 130 Å². The molecule has 0 aliphatic carbocycles. The number of halogens is 3. The van der Waals surface area contributed by atoms with Gasteiger partial charge in [-0.25, -0.2) is 36.6 Å². The van der Waals surface area contributed by atoms with Crippen LogP contribution in [0.3, 0.4) is 0 Å². The van der Waals surface area contributed by atoms with Crippen LogP contribution in [0, 0.1) is 17.5 Å². The van der Waals surface area contributed by atoms with Gasteiger partial charge in [0.05, 0.1) is 25.1 Å². The van der Waals surface area contributed by atoms with Crippen LogP contribution >= 0.6 is 23.1 Å². The first-order valence-electron chi connectivity index (χ1n) is 11.7. The molecule has 39 heavy (non-hydrogen) atoms. The molecular formula is C23H25F3N6O4S3. The van der Waals surface area contributed by atoms with E-state index < -0.39 is 45.3 Å². The SMILES string of the molecule is CS(=O)(=O)N1CCN(C(=O)CSc2nc3cccnc3s2)N(C(=O)C[C@H](N)Cc2cc(F)c(F)cc2F)CC1.